The Morgan fingerprint density at radius 3 is 2.43 bits per heavy atom. The zero-order valence-corrected chi connectivity index (χ0v) is 15.1. The molecule has 0 amide bonds. The van der Waals surface area contributed by atoms with Gasteiger partial charge in [-0.05, 0) is 38.6 Å². The number of rotatable bonds is 10. The first-order valence-corrected chi connectivity index (χ1v) is 8.94. The van der Waals surface area contributed by atoms with Crippen LogP contribution < -0.4 is 5.32 Å². The molecule has 0 aliphatic rings. The van der Waals surface area contributed by atoms with Crippen molar-refractivity contribution in [3.63, 3.8) is 0 Å². The van der Waals surface area contributed by atoms with Crippen LogP contribution in [0.2, 0.25) is 5.02 Å². The zero-order valence-electron chi connectivity index (χ0n) is 14.4. The van der Waals surface area contributed by atoms with Gasteiger partial charge in [0.15, 0.2) is 0 Å². The first kappa shape index (κ1) is 18.5. The van der Waals surface area contributed by atoms with Crippen LogP contribution in [-0.4, -0.2) is 22.4 Å². The van der Waals surface area contributed by atoms with Crippen molar-refractivity contribution in [1.29, 1.82) is 0 Å². The van der Waals surface area contributed by atoms with E-state index in [1.165, 1.54) is 18.5 Å². The second kappa shape index (κ2) is 9.47. The molecule has 4 heteroatoms. The number of aromatic nitrogens is 2. The minimum absolute atomic E-state index is 0.481. The van der Waals surface area contributed by atoms with E-state index >= 15 is 0 Å². The number of nitrogens with zero attached hydrogens (tertiary/aromatic N) is 2. The Labute approximate surface area is 135 Å². The Kier molecular flexibility index (Phi) is 8.35. The van der Waals surface area contributed by atoms with Gasteiger partial charge in [-0.1, -0.05) is 45.7 Å². The van der Waals surface area contributed by atoms with Crippen molar-refractivity contribution in [3.05, 3.63) is 16.4 Å². The summed E-state index contributed by atoms with van der Waals surface area (Å²) in [5.41, 5.74) is 2.23. The Hall–Kier alpha value is -0.540. The molecule has 2 unspecified atom stereocenters. The molecule has 0 spiro atoms. The monoisotopic (exact) mass is 313 g/mol. The van der Waals surface area contributed by atoms with E-state index in [1.54, 1.807) is 0 Å². The van der Waals surface area contributed by atoms with Crippen LogP contribution in [0, 0.1) is 5.92 Å². The molecular formula is C17H32ClN3. The Balaban J connectivity index is 2.93. The fourth-order valence-electron chi connectivity index (χ4n) is 2.88. The molecule has 0 aromatic carbocycles. The lowest BCUT2D eigenvalue weighted by molar-refractivity contribution is 0.346. The fraction of sp³-hybridized carbons (Fsp3) is 0.824. The van der Waals surface area contributed by atoms with Crippen molar-refractivity contribution < 1.29 is 0 Å². The van der Waals surface area contributed by atoms with Gasteiger partial charge >= 0.3 is 0 Å². The maximum atomic E-state index is 6.56. The van der Waals surface area contributed by atoms with E-state index in [2.05, 4.69) is 49.7 Å². The molecule has 122 valence electrons. The number of aryl methyl sites for hydroxylation is 2. The van der Waals surface area contributed by atoms with E-state index in [0.717, 1.165) is 43.1 Å². The molecule has 0 aliphatic carbocycles. The standard InChI is InChI=1S/C17H32ClN3/c1-6-10-13(5)15(19-11-7-2)12-16-17(18)14(8-3)20-21(16)9-4/h13,15,19H,6-12H2,1-5H3. The SMILES string of the molecule is CCCNC(Cc1c(Cl)c(CC)nn1CC)C(C)CCC. The predicted molar refractivity (Wildman–Crippen MR) is 92.1 cm³/mol. The predicted octanol–water partition coefficient (Wildman–Crippen LogP) is 4.47. The van der Waals surface area contributed by atoms with Gasteiger partial charge in [-0.25, -0.2) is 0 Å². The van der Waals surface area contributed by atoms with Crippen LogP contribution in [0.3, 0.4) is 0 Å². The maximum absolute atomic E-state index is 6.56. The summed E-state index contributed by atoms with van der Waals surface area (Å²) in [5, 5.41) is 9.23. The highest BCUT2D eigenvalue weighted by Gasteiger charge is 2.22. The van der Waals surface area contributed by atoms with Gasteiger partial charge in [-0.15, -0.1) is 0 Å². The summed E-state index contributed by atoms with van der Waals surface area (Å²) in [4.78, 5) is 0. The van der Waals surface area contributed by atoms with Crippen molar-refractivity contribution >= 4 is 11.6 Å². The van der Waals surface area contributed by atoms with E-state index in [9.17, 15) is 0 Å². The van der Waals surface area contributed by atoms with Crippen LogP contribution in [0.1, 0.15) is 65.3 Å². The largest absolute Gasteiger partial charge is 0.313 e. The molecule has 0 bridgehead atoms. The van der Waals surface area contributed by atoms with Gasteiger partial charge in [0.25, 0.3) is 0 Å². The maximum Gasteiger partial charge on any atom is 0.0850 e. The Morgan fingerprint density at radius 2 is 1.90 bits per heavy atom. The zero-order chi connectivity index (χ0) is 15.8. The van der Waals surface area contributed by atoms with Gasteiger partial charge in [-0.2, -0.15) is 5.10 Å². The summed E-state index contributed by atoms with van der Waals surface area (Å²) < 4.78 is 2.08. The Bertz CT molecular complexity index is 414. The van der Waals surface area contributed by atoms with Gasteiger partial charge in [0.05, 0.1) is 16.4 Å². The molecule has 1 aromatic rings. The normalized spacial score (nSPS) is 14.4. The quantitative estimate of drug-likeness (QED) is 0.691. The second-order valence-electron chi connectivity index (χ2n) is 5.91. The third-order valence-electron chi connectivity index (χ3n) is 4.19. The van der Waals surface area contributed by atoms with Crippen LogP contribution in [-0.2, 0) is 19.4 Å². The lowest BCUT2D eigenvalue weighted by atomic mass is 9.93. The van der Waals surface area contributed by atoms with Crippen molar-refractivity contribution in [2.75, 3.05) is 6.54 Å². The van der Waals surface area contributed by atoms with E-state index in [4.69, 9.17) is 11.6 Å². The van der Waals surface area contributed by atoms with Gasteiger partial charge in [0, 0.05) is 19.0 Å². The van der Waals surface area contributed by atoms with E-state index in [0.29, 0.717) is 12.0 Å². The van der Waals surface area contributed by atoms with Crippen LogP contribution in [0.25, 0.3) is 0 Å². The molecule has 1 heterocycles. The second-order valence-corrected chi connectivity index (χ2v) is 6.29. The molecule has 1 aromatic heterocycles. The lowest BCUT2D eigenvalue weighted by Gasteiger charge is -2.25. The molecule has 0 radical (unpaired) electrons. The number of hydrogen-bond acceptors (Lipinski definition) is 2. The highest BCUT2D eigenvalue weighted by atomic mass is 35.5. The highest BCUT2D eigenvalue weighted by Crippen LogP contribution is 2.25. The number of halogens is 1. The van der Waals surface area contributed by atoms with Crippen molar-refractivity contribution in [2.24, 2.45) is 5.92 Å². The average Bonchev–Trinajstić information content (AvgIpc) is 2.79. The molecule has 2 atom stereocenters. The summed E-state index contributed by atoms with van der Waals surface area (Å²) in [6.45, 7) is 13.0. The summed E-state index contributed by atoms with van der Waals surface area (Å²) >= 11 is 6.56. The van der Waals surface area contributed by atoms with Crippen LogP contribution in [0.4, 0.5) is 0 Å². The summed E-state index contributed by atoms with van der Waals surface area (Å²) in [5.74, 6) is 0.655. The third-order valence-corrected chi connectivity index (χ3v) is 4.63. The average molecular weight is 314 g/mol. The van der Waals surface area contributed by atoms with Crippen molar-refractivity contribution in [3.8, 4) is 0 Å². The molecule has 0 saturated carbocycles. The first-order chi connectivity index (χ1) is 10.1. The fourth-order valence-corrected chi connectivity index (χ4v) is 3.23. The van der Waals surface area contributed by atoms with Crippen molar-refractivity contribution in [2.45, 2.75) is 79.3 Å². The van der Waals surface area contributed by atoms with Gasteiger partial charge in [0.2, 0.25) is 0 Å². The van der Waals surface area contributed by atoms with Gasteiger partial charge < -0.3 is 5.32 Å². The summed E-state index contributed by atoms with van der Waals surface area (Å²) in [6, 6.07) is 0.481. The molecule has 1 rings (SSSR count). The Morgan fingerprint density at radius 1 is 1.19 bits per heavy atom. The van der Waals surface area contributed by atoms with E-state index in [1.807, 2.05) is 0 Å². The molecule has 1 N–H and O–H groups in total. The van der Waals surface area contributed by atoms with Crippen molar-refractivity contribution in [1.82, 2.24) is 15.1 Å². The van der Waals surface area contributed by atoms with Crippen LogP contribution in [0.5, 0.6) is 0 Å². The minimum Gasteiger partial charge on any atom is -0.313 e. The smallest absolute Gasteiger partial charge is 0.0850 e. The molecule has 0 aliphatic heterocycles. The summed E-state index contributed by atoms with van der Waals surface area (Å²) in [6.07, 6.45) is 5.51. The van der Waals surface area contributed by atoms with Crippen LogP contribution >= 0.6 is 11.6 Å². The molecule has 21 heavy (non-hydrogen) atoms. The number of nitrogens with one attached hydrogen (secondary N) is 1. The van der Waals surface area contributed by atoms with Gasteiger partial charge in [0.1, 0.15) is 0 Å². The lowest BCUT2D eigenvalue weighted by Crippen LogP contribution is -2.38. The van der Waals surface area contributed by atoms with Gasteiger partial charge in [-0.3, -0.25) is 4.68 Å². The molecular weight excluding hydrogens is 282 g/mol. The third kappa shape index (κ3) is 5.00. The molecule has 0 fully saturated rings. The molecule has 3 nitrogen and oxygen atoms in total. The highest BCUT2D eigenvalue weighted by molar-refractivity contribution is 6.31. The van der Waals surface area contributed by atoms with E-state index < -0.39 is 0 Å². The van der Waals surface area contributed by atoms with Crippen LogP contribution in [0.15, 0.2) is 0 Å². The first-order valence-electron chi connectivity index (χ1n) is 8.56. The minimum atomic E-state index is 0.481. The number of hydrogen-bond donors (Lipinski definition) is 1. The molecule has 0 saturated heterocycles. The van der Waals surface area contributed by atoms with E-state index in [-0.39, 0.29) is 0 Å². The topological polar surface area (TPSA) is 29.9 Å². The summed E-state index contributed by atoms with van der Waals surface area (Å²) in [7, 11) is 0.